The van der Waals surface area contributed by atoms with Crippen molar-refractivity contribution in [2.75, 3.05) is 13.2 Å². The van der Waals surface area contributed by atoms with Crippen molar-refractivity contribution in [3.8, 4) is 11.6 Å². The highest BCUT2D eigenvalue weighted by atomic mass is 35.5. The summed E-state index contributed by atoms with van der Waals surface area (Å²) in [6, 6.07) is 6.11. The summed E-state index contributed by atoms with van der Waals surface area (Å²) in [5.41, 5.74) is -2.47. The Kier molecular flexibility index (Phi) is 9.01. The summed E-state index contributed by atoms with van der Waals surface area (Å²) in [7, 11) is -4.32. The predicted octanol–water partition coefficient (Wildman–Crippen LogP) is 3.56. The van der Waals surface area contributed by atoms with Crippen LogP contribution in [0.25, 0.3) is 11.2 Å². The lowest BCUT2D eigenvalue weighted by molar-refractivity contribution is -0.158. The molecule has 3 heterocycles. The van der Waals surface area contributed by atoms with Crippen LogP contribution < -0.4 is 14.3 Å². The van der Waals surface area contributed by atoms with E-state index in [2.05, 4.69) is 20.0 Å². The molecule has 2 fully saturated rings. The average Bonchev–Trinajstić information content (AvgIpc) is 3.45. The fraction of sp³-hybridized carbons (Fsp3) is 0.556. The van der Waals surface area contributed by atoms with E-state index in [1.165, 1.54) is 36.3 Å². The molecule has 3 unspecified atom stereocenters. The number of aliphatic hydroxyl groups excluding tert-OH is 1. The molecule has 2 aliphatic rings. The number of carbonyl (C=O) groups excluding carboxylic acids is 1. The van der Waals surface area contributed by atoms with Crippen molar-refractivity contribution in [2.45, 2.75) is 82.6 Å². The molecule has 1 saturated carbocycles. The Morgan fingerprint density at radius 2 is 1.98 bits per heavy atom. The van der Waals surface area contributed by atoms with E-state index in [9.17, 15) is 19.6 Å². The topological polar surface area (TPSA) is 176 Å². The van der Waals surface area contributed by atoms with Crippen LogP contribution in [0.1, 0.15) is 53.2 Å². The third kappa shape index (κ3) is 6.37. The van der Waals surface area contributed by atoms with Crippen molar-refractivity contribution in [2.24, 2.45) is 0 Å². The van der Waals surface area contributed by atoms with Crippen molar-refractivity contribution in [1.29, 1.82) is 0 Å². The summed E-state index contributed by atoms with van der Waals surface area (Å²) in [6.45, 7) is 6.52. The van der Waals surface area contributed by atoms with Gasteiger partial charge in [0.25, 0.3) is 0 Å². The highest BCUT2D eigenvalue weighted by Crippen LogP contribution is 2.51. The summed E-state index contributed by atoms with van der Waals surface area (Å²) in [5, 5.41) is 25.7. The lowest BCUT2D eigenvalue weighted by Gasteiger charge is -2.41. The van der Waals surface area contributed by atoms with E-state index in [-0.39, 0.29) is 17.7 Å². The number of hydrogen-bond donors (Lipinski definition) is 3. The smallest absolute Gasteiger partial charge is 0.459 e. The van der Waals surface area contributed by atoms with Gasteiger partial charge in [-0.15, -0.1) is 0 Å². The van der Waals surface area contributed by atoms with Crippen LogP contribution in [0.15, 0.2) is 36.9 Å². The van der Waals surface area contributed by atoms with Gasteiger partial charge in [0.1, 0.15) is 35.4 Å². The molecule has 16 heteroatoms. The highest BCUT2D eigenvalue weighted by molar-refractivity contribution is 7.52. The van der Waals surface area contributed by atoms with Crippen molar-refractivity contribution in [3.05, 3.63) is 41.9 Å². The standard InChI is InChI=1S/C27H35ClN5O9P/c1-5-38-23-20-22(29-14-30-23)33(15-31-20)24-26(4,36)21(34)19(41-24)13-39-43(37,42-18-9-7-17(28)8-10-18)32-27(11-6-12-27)25(35)40-16(2)3/h7-10,14-16,19,21,24,34,36H,5-6,11-13H2,1-4H3,(H,32,37)/t19?,21-,24?,26-,43?/m1/s1. The van der Waals surface area contributed by atoms with Crippen LogP contribution in [-0.4, -0.2) is 78.4 Å². The second-order valence-electron chi connectivity index (χ2n) is 11.0. The molecule has 0 bridgehead atoms. The number of nitrogens with one attached hydrogen (secondary N) is 1. The molecule has 234 valence electrons. The van der Waals surface area contributed by atoms with Crippen LogP contribution in [0.3, 0.4) is 0 Å². The first kappa shape index (κ1) is 31.6. The third-order valence-corrected chi connectivity index (χ3v) is 9.25. The zero-order valence-electron chi connectivity index (χ0n) is 24.2. The third-order valence-electron chi connectivity index (χ3n) is 7.35. The number of hydrogen-bond acceptors (Lipinski definition) is 12. The fourth-order valence-electron chi connectivity index (χ4n) is 4.99. The van der Waals surface area contributed by atoms with E-state index in [1.807, 2.05) is 0 Å². The number of nitrogens with zero attached hydrogens (tertiary/aromatic N) is 4. The summed E-state index contributed by atoms with van der Waals surface area (Å²) >= 11 is 6.00. The summed E-state index contributed by atoms with van der Waals surface area (Å²) in [4.78, 5) is 25.7. The minimum Gasteiger partial charge on any atom is -0.476 e. The van der Waals surface area contributed by atoms with Crippen LogP contribution in [-0.2, 0) is 23.4 Å². The van der Waals surface area contributed by atoms with E-state index in [4.69, 9.17) is 34.9 Å². The van der Waals surface area contributed by atoms with E-state index in [0.717, 1.165) is 0 Å². The molecule has 5 atom stereocenters. The lowest BCUT2D eigenvalue weighted by Crippen LogP contribution is -2.57. The van der Waals surface area contributed by atoms with Gasteiger partial charge >= 0.3 is 13.7 Å². The molecule has 1 aliphatic heterocycles. The Morgan fingerprint density at radius 1 is 1.26 bits per heavy atom. The zero-order valence-corrected chi connectivity index (χ0v) is 25.8. The zero-order chi connectivity index (χ0) is 31.0. The average molecular weight is 640 g/mol. The number of aliphatic hydroxyl groups is 2. The number of esters is 1. The molecule has 43 heavy (non-hydrogen) atoms. The Labute approximate surface area is 253 Å². The lowest BCUT2D eigenvalue weighted by atomic mass is 9.78. The summed E-state index contributed by atoms with van der Waals surface area (Å²) < 4.78 is 44.3. The van der Waals surface area contributed by atoms with Gasteiger partial charge in [0.2, 0.25) is 5.88 Å². The first-order valence-corrected chi connectivity index (χ1v) is 15.9. The molecular formula is C27H35ClN5O9P. The molecule has 0 radical (unpaired) electrons. The molecule has 3 N–H and O–H groups in total. The SMILES string of the molecule is CCOc1ncnc2c1ncn2C1OC(COP(=O)(NC2(C(=O)OC(C)C)CCC2)Oc2ccc(Cl)cc2)[C@@H](O)[C@@]1(C)O. The maximum absolute atomic E-state index is 14.2. The van der Waals surface area contributed by atoms with Crippen molar-refractivity contribution in [1.82, 2.24) is 24.6 Å². The van der Waals surface area contributed by atoms with Gasteiger partial charge < -0.3 is 28.9 Å². The number of rotatable bonds is 12. The first-order chi connectivity index (χ1) is 20.4. The van der Waals surface area contributed by atoms with Crippen molar-refractivity contribution < 1.29 is 42.8 Å². The van der Waals surface area contributed by atoms with Crippen LogP contribution in [0.4, 0.5) is 0 Å². The number of benzene rings is 1. The second kappa shape index (κ2) is 12.3. The number of fused-ring (bicyclic) bond motifs is 1. The van der Waals surface area contributed by atoms with Gasteiger partial charge in [-0.1, -0.05) is 11.6 Å². The number of imidazole rings is 1. The minimum absolute atomic E-state index is 0.166. The predicted molar refractivity (Wildman–Crippen MR) is 154 cm³/mol. The molecule has 0 amide bonds. The fourth-order valence-corrected chi connectivity index (χ4v) is 6.86. The van der Waals surface area contributed by atoms with Gasteiger partial charge in [0.15, 0.2) is 17.4 Å². The molecule has 0 spiro atoms. The van der Waals surface area contributed by atoms with Gasteiger partial charge in [-0.3, -0.25) is 13.9 Å². The van der Waals surface area contributed by atoms with Gasteiger partial charge in [0.05, 0.1) is 25.6 Å². The van der Waals surface area contributed by atoms with Crippen molar-refractivity contribution in [3.63, 3.8) is 0 Å². The molecule has 1 aliphatic carbocycles. The molecule has 5 rings (SSSR count). The monoisotopic (exact) mass is 639 g/mol. The molecule has 14 nitrogen and oxygen atoms in total. The molecule has 1 aromatic carbocycles. The maximum atomic E-state index is 14.2. The van der Waals surface area contributed by atoms with Crippen LogP contribution in [0.5, 0.6) is 11.6 Å². The number of halogens is 1. The minimum atomic E-state index is -4.32. The van der Waals surface area contributed by atoms with Crippen LogP contribution >= 0.6 is 19.3 Å². The maximum Gasteiger partial charge on any atom is 0.459 e. The van der Waals surface area contributed by atoms with Crippen LogP contribution in [0.2, 0.25) is 5.02 Å². The summed E-state index contributed by atoms with van der Waals surface area (Å²) in [5.74, 6) is -0.145. The van der Waals surface area contributed by atoms with Gasteiger partial charge in [0, 0.05) is 5.02 Å². The molecule has 2 aromatic heterocycles. The number of aromatic nitrogens is 4. The number of carbonyl (C=O) groups is 1. The molecule has 1 saturated heterocycles. The molecular weight excluding hydrogens is 605 g/mol. The molecule has 3 aromatic rings. The Hall–Kier alpha value is -2.84. The van der Waals surface area contributed by atoms with Gasteiger partial charge in [-0.2, -0.15) is 10.1 Å². The quantitative estimate of drug-likeness (QED) is 0.194. The Balaban J connectivity index is 1.39. The van der Waals surface area contributed by atoms with E-state index in [0.29, 0.717) is 42.1 Å². The largest absolute Gasteiger partial charge is 0.476 e. The normalized spacial score (nSPS) is 26.2. The van der Waals surface area contributed by atoms with E-state index in [1.54, 1.807) is 32.9 Å². The Morgan fingerprint density at radius 3 is 2.60 bits per heavy atom. The Bertz CT molecular complexity index is 1500. The highest BCUT2D eigenvalue weighted by Gasteiger charge is 2.56. The van der Waals surface area contributed by atoms with Gasteiger partial charge in [-0.25, -0.2) is 14.5 Å². The van der Waals surface area contributed by atoms with Crippen LogP contribution in [0, 0.1) is 0 Å². The van der Waals surface area contributed by atoms with Crippen molar-refractivity contribution >= 4 is 36.5 Å². The number of ether oxygens (including phenoxy) is 3. The summed E-state index contributed by atoms with van der Waals surface area (Å²) in [6.07, 6.45) is -0.109. The second-order valence-corrected chi connectivity index (χ2v) is 13.1. The van der Waals surface area contributed by atoms with Gasteiger partial charge in [-0.05, 0) is 71.2 Å². The van der Waals surface area contributed by atoms with E-state index < -0.39 is 49.9 Å². The first-order valence-electron chi connectivity index (χ1n) is 13.9. The van der Waals surface area contributed by atoms with E-state index >= 15 is 0 Å².